The number of nitrogens with one attached hydrogen (secondary N) is 1. The first kappa shape index (κ1) is 10.0. The van der Waals surface area contributed by atoms with E-state index in [2.05, 4.69) is 17.3 Å². The van der Waals surface area contributed by atoms with Gasteiger partial charge in [-0.05, 0) is 19.4 Å². The molecule has 2 heteroatoms. The first-order valence-corrected chi connectivity index (χ1v) is 3.91. The van der Waals surface area contributed by atoms with Crippen LogP contribution in [0.1, 0.15) is 26.2 Å². The topological polar surface area (TPSA) is 35.8 Å². The lowest BCUT2D eigenvalue weighted by Crippen LogP contribution is -2.27. The van der Waals surface area contributed by atoms with Crippen LogP contribution < -0.4 is 5.32 Å². The van der Waals surface area contributed by atoms with Crippen LogP contribution >= 0.6 is 0 Å². The van der Waals surface area contributed by atoms with E-state index in [9.17, 15) is 0 Å². The van der Waals surface area contributed by atoms with Crippen molar-refractivity contribution < 1.29 is 0 Å². The summed E-state index contributed by atoms with van der Waals surface area (Å²) < 4.78 is 0. The van der Waals surface area contributed by atoms with E-state index in [0.29, 0.717) is 6.42 Å². The molecule has 2 nitrogen and oxygen atoms in total. The summed E-state index contributed by atoms with van der Waals surface area (Å²) >= 11 is 0. The zero-order valence-corrected chi connectivity index (χ0v) is 6.93. The standard InChI is InChI=1S/C9H14N2/c1-3-9(4-2)11-8-6-5-7-10/h1,9,11H,4-6,8H2,2H3. The summed E-state index contributed by atoms with van der Waals surface area (Å²) in [4.78, 5) is 0. The zero-order valence-electron chi connectivity index (χ0n) is 6.93. The molecule has 0 bridgehead atoms. The Labute approximate surface area is 68.6 Å². The number of rotatable bonds is 5. The van der Waals surface area contributed by atoms with Crippen molar-refractivity contribution in [2.45, 2.75) is 32.2 Å². The molecule has 1 unspecified atom stereocenters. The maximum absolute atomic E-state index is 8.23. The summed E-state index contributed by atoms with van der Waals surface area (Å²) in [5, 5.41) is 11.4. The molecule has 0 aromatic rings. The van der Waals surface area contributed by atoms with Gasteiger partial charge in [-0.2, -0.15) is 5.26 Å². The normalized spacial score (nSPS) is 11.5. The third kappa shape index (κ3) is 5.45. The van der Waals surface area contributed by atoms with E-state index in [1.807, 2.05) is 6.92 Å². The van der Waals surface area contributed by atoms with E-state index in [1.54, 1.807) is 0 Å². The summed E-state index contributed by atoms with van der Waals surface area (Å²) in [5.74, 6) is 2.63. The second kappa shape index (κ2) is 7.12. The van der Waals surface area contributed by atoms with Gasteiger partial charge in [-0.3, -0.25) is 0 Å². The molecular formula is C9H14N2. The lowest BCUT2D eigenvalue weighted by molar-refractivity contribution is 0.578. The summed E-state index contributed by atoms with van der Waals surface area (Å²) in [6, 6.07) is 2.26. The summed E-state index contributed by atoms with van der Waals surface area (Å²) in [5.41, 5.74) is 0. The maximum Gasteiger partial charge on any atom is 0.0684 e. The number of hydrogen-bond donors (Lipinski definition) is 1. The van der Waals surface area contributed by atoms with Crippen molar-refractivity contribution in [3.05, 3.63) is 0 Å². The van der Waals surface area contributed by atoms with Crippen molar-refractivity contribution in [3.8, 4) is 18.4 Å². The SMILES string of the molecule is C#CC(CC)NCCCC#N. The van der Waals surface area contributed by atoms with Gasteiger partial charge in [0, 0.05) is 6.42 Å². The quantitative estimate of drug-likeness (QED) is 0.473. The second-order valence-corrected chi connectivity index (χ2v) is 2.34. The Morgan fingerprint density at radius 3 is 2.82 bits per heavy atom. The fraction of sp³-hybridized carbons (Fsp3) is 0.667. The molecule has 0 heterocycles. The molecule has 0 spiro atoms. The number of nitriles is 1. The highest BCUT2D eigenvalue weighted by atomic mass is 14.9. The van der Waals surface area contributed by atoms with Gasteiger partial charge >= 0.3 is 0 Å². The molecule has 11 heavy (non-hydrogen) atoms. The van der Waals surface area contributed by atoms with Crippen LogP contribution in [-0.2, 0) is 0 Å². The van der Waals surface area contributed by atoms with Crippen molar-refractivity contribution in [2.75, 3.05) is 6.54 Å². The molecule has 0 aromatic heterocycles. The molecule has 0 amide bonds. The van der Waals surface area contributed by atoms with Gasteiger partial charge in [0.1, 0.15) is 0 Å². The van der Waals surface area contributed by atoms with Crippen LogP contribution in [0.4, 0.5) is 0 Å². The van der Waals surface area contributed by atoms with E-state index in [4.69, 9.17) is 11.7 Å². The van der Waals surface area contributed by atoms with Crippen molar-refractivity contribution in [1.29, 1.82) is 5.26 Å². The average Bonchev–Trinajstić information content (AvgIpc) is 2.05. The van der Waals surface area contributed by atoms with Gasteiger partial charge in [0.2, 0.25) is 0 Å². The molecule has 0 radical (unpaired) electrons. The first-order valence-electron chi connectivity index (χ1n) is 3.91. The molecule has 0 aliphatic rings. The molecule has 0 aromatic carbocycles. The number of nitrogens with zero attached hydrogens (tertiary/aromatic N) is 1. The third-order valence-corrected chi connectivity index (χ3v) is 1.47. The number of unbranched alkanes of at least 4 members (excludes halogenated alkanes) is 1. The third-order valence-electron chi connectivity index (χ3n) is 1.47. The van der Waals surface area contributed by atoms with Gasteiger partial charge in [0.15, 0.2) is 0 Å². The Bertz CT molecular complexity index is 161. The van der Waals surface area contributed by atoms with E-state index in [1.165, 1.54) is 0 Å². The van der Waals surface area contributed by atoms with Crippen LogP contribution in [-0.4, -0.2) is 12.6 Å². The predicted molar refractivity (Wildman–Crippen MR) is 45.8 cm³/mol. The van der Waals surface area contributed by atoms with E-state index < -0.39 is 0 Å². The van der Waals surface area contributed by atoms with Crippen LogP contribution in [0, 0.1) is 23.7 Å². The van der Waals surface area contributed by atoms with Crippen LogP contribution in [0.15, 0.2) is 0 Å². The molecule has 60 valence electrons. The van der Waals surface area contributed by atoms with E-state index >= 15 is 0 Å². The number of terminal acetylenes is 1. The number of hydrogen-bond acceptors (Lipinski definition) is 2. The molecule has 0 rings (SSSR count). The van der Waals surface area contributed by atoms with Crippen molar-refractivity contribution >= 4 is 0 Å². The van der Waals surface area contributed by atoms with Gasteiger partial charge in [0.25, 0.3) is 0 Å². The molecule has 0 fully saturated rings. The lowest BCUT2D eigenvalue weighted by atomic mass is 10.2. The Balaban J connectivity index is 3.25. The Hall–Kier alpha value is -0.990. The second-order valence-electron chi connectivity index (χ2n) is 2.34. The maximum atomic E-state index is 8.23. The van der Waals surface area contributed by atoms with Crippen LogP contribution in [0.25, 0.3) is 0 Å². The van der Waals surface area contributed by atoms with Crippen molar-refractivity contribution in [1.82, 2.24) is 5.32 Å². The van der Waals surface area contributed by atoms with Gasteiger partial charge in [0.05, 0.1) is 12.1 Å². The summed E-state index contributed by atoms with van der Waals surface area (Å²) in [6.45, 7) is 2.89. The lowest BCUT2D eigenvalue weighted by Gasteiger charge is -2.08. The fourth-order valence-corrected chi connectivity index (χ4v) is 0.765. The average molecular weight is 150 g/mol. The van der Waals surface area contributed by atoms with Gasteiger partial charge in [-0.15, -0.1) is 6.42 Å². The van der Waals surface area contributed by atoms with Gasteiger partial charge in [-0.25, -0.2) is 0 Å². The fourth-order valence-electron chi connectivity index (χ4n) is 0.765. The van der Waals surface area contributed by atoms with Crippen LogP contribution in [0.5, 0.6) is 0 Å². The first-order chi connectivity index (χ1) is 5.35. The minimum Gasteiger partial charge on any atom is -0.304 e. The highest BCUT2D eigenvalue weighted by Gasteiger charge is 1.97. The minimum absolute atomic E-state index is 0.175. The largest absolute Gasteiger partial charge is 0.304 e. The summed E-state index contributed by atoms with van der Waals surface area (Å²) in [6.07, 6.45) is 7.66. The Kier molecular flexibility index (Phi) is 6.48. The molecule has 0 aliphatic carbocycles. The van der Waals surface area contributed by atoms with Crippen molar-refractivity contribution in [3.63, 3.8) is 0 Å². The molecule has 0 saturated carbocycles. The smallest absolute Gasteiger partial charge is 0.0684 e. The Morgan fingerprint density at radius 2 is 2.36 bits per heavy atom. The zero-order chi connectivity index (χ0) is 8.53. The summed E-state index contributed by atoms with van der Waals surface area (Å²) in [7, 11) is 0. The Morgan fingerprint density at radius 1 is 1.64 bits per heavy atom. The highest BCUT2D eigenvalue weighted by Crippen LogP contribution is 1.89. The van der Waals surface area contributed by atoms with E-state index in [0.717, 1.165) is 19.4 Å². The molecule has 1 N–H and O–H groups in total. The minimum atomic E-state index is 0.175. The van der Waals surface area contributed by atoms with Gasteiger partial charge in [-0.1, -0.05) is 12.8 Å². The van der Waals surface area contributed by atoms with Gasteiger partial charge < -0.3 is 5.32 Å². The predicted octanol–water partition coefficient (Wildman–Crippen LogP) is 1.29. The molecular weight excluding hydrogens is 136 g/mol. The van der Waals surface area contributed by atoms with Crippen LogP contribution in [0.2, 0.25) is 0 Å². The monoisotopic (exact) mass is 150 g/mol. The molecule has 1 atom stereocenters. The highest BCUT2D eigenvalue weighted by molar-refractivity contribution is 4.97. The van der Waals surface area contributed by atoms with E-state index in [-0.39, 0.29) is 6.04 Å². The van der Waals surface area contributed by atoms with Crippen LogP contribution in [0.3, 0.4) is 0 Å². The molecule has 0 saturated heterocycles. The molecule has 0 aliphatic heterocycles. The van der Waals surface area contributed by atoms with Crippen molar-refractivity contribution in [2.24, 2.45) is 0 Å².